The van der Waals surface area contributed by atoms with E-state index in [0.29, 0.717) is 12.2 Å². The molecule has 0 aliphatic carbocycles. The second-order valence-electron chi connectivity index (χ2n) is 11.5. The molecule has 0 aromatic rings. The summed E-state index contributed by atoms with van der Waals surface area (Å²) in [6.07, 6.45) is 3.34. The summed E-state index contributed by atoms with van der Waals surface area (Å²) in [4.78, 5) is 11.6. The fraction of sp³-hybridized carbons (Fsp3) is 0.870. The Morgan fingerprint density at radius 2 is 1.40 bits per heavy atom. The Balaban J connectivity index is 5.08. The maximum Gasteiger partial charge on any atom is 0.333 e. The molecule has 7 heteroatoms. The number of carbonyl (C=O) groups excluding carboxylic acids is 1. The molecule has 0 spiro atoms. The average Bonchev–Trinajstić information content (AvgIpc) is 2.54. The molecular weight excluding hydrogens is 425 g/mol. The van der Waals surface area contributed by atoms with E-state index >= 15 is 0 Å². The van der Waals surface area contributed by atoms with Crippen molar-refractivity contribution in [2.45, 2.75) is 123 Å². The lowest BCUT2D eigenvalue weighted by Crippen LogP contribution is -2.65. The molecule has 30 heavy (non-hydrogen) atoms. The summed E-state index contributed by atoms with van der Waals surface area (Å²) in [6, 6.07) is 2.25. The first kappa shape index (κ1) is 29.8. The molecule has 0 aromatic carbocycles. The Morgan fingerprint density at radius 3 is 1.87 bits per heavy atom. The number of carbonyl (C=O) groups is 1. The first-order valence-electron chi connectivity index (χ1n) is 11.5. The maximum atomic E-state index is 11.6. The lowest BCUT2D eigenvalue weighted by Gasteiger charge is -2.51. The Labute approximate surface area is 190 Å². The van der Waals surface area contributed by atoms with Crippen molar-refractivity contribution in [1.82, 2.24) is 0 Å². The summed E-state index contributed by atoms with van der Waals surface area (Å²) in [6.45, 7) is 31.1. The van der Waals surface area contributed by atoms with E-state index in [1.807, 2.05) is 0 Å². The Bertz CT molecular complexity index is 581. The second-order valence-corrected chi connectivity index (χ2v) is 25.6. The minimum absolute atomic E-state index is 0.0824. The predicted octanol–water partition coefficient (Wildman–Crippen LogP) is 7.08. The normalized spacial score (nSPS) is 14.0. The molecular formula is C23H50O4Si3. The lowest BCUT2D eigenvalue weighted by molar-refractivity contribution is -0.138. The van der Waals surface area contributed by atoms with Crippen molar-refractivity contribution in [2.24, 2.45) is 0 Å². The van der Waals surface area contributed by atoms with Crippen LogP contribution in [0.4, 0.5) is 0 Å². The van der Waals surface area contributed by atoms with Gasteiger partial charge in [0.2, 0.25) is 8.32 Å². The third-order valence-corrected chi connectivity index (χ3v) is 18.8. The smallest absolute Gasteiger partial charge is 0.333 e. The van der Waals surface area contributed by atoms with Gasteiger partial charge in [0.25, 0.3) is 0 Å². The van der Waals surface area contributed by atoms with Crippen LogP contribution >= 0.6 is 0 Å². The fourth-order valence-electron chi connectivity index (χ4n) is 3.47. The number of esters is 1. The fourth-order valence-corrected chi connectivity index (χ4v) is 13.0. The minimum atomic E-state index is -2.16. The van der Waals surface area contributed by atoms with Gasteiger partial charge in [0.05, 0.1) is 19.9 Å². The SMILES string of the molecule is C=C(C)C(=O)OCCC[Si](C)(C)OC(C)(C)[Si](C)(C)OC(C)(C)[Si](C)(C)CCCC. The van der Waals surface area contributed by atoms with Gasteiger partial charge in [-0.3, -0.25) is 0 Å². The van der Waals surface area contributed by atoms with Crippen LogP contribution in [0.3, 0.4) is 0 Å². The van der Waals surface area contributed by atoms with Crippen molar-refractivity contribution in [3.63, 3.8) is 0 Å². The quantitative estimate of drug-likeness (QED) is 0.117. The van der Waals surface area contributed by atoms with Crippen LogP contribution in [0.25, 0.3) is 0 Å². The van der Waals surface area contributed by atoms with Gasteiger partial charge in [-0.25, -0.2) is 4.79 Å². The molecule has 0 heterocycles. The van der Waals surface area contributed by atoms with E-state index in [2.05, 4.69) is 80.5 Å². The number of hydrogen-bond acceptors (Lipinski definition) is 4. The van der Waals surface area contributed by atoms with Gasteiger partial charge in [-0.2, -0.15) is 0 Å². The Hall–Kier alpha value is -0.219. The number of unbranched alkanes of at least 4 members (excludes halogenated alkanes) is 1. The van der Waals surface area contributed by atoms with Crippen LogP contribution in [-0.2, 0) is 18.4 Å². The zero-order chi connectivity index (χ0) is 24.0. The van der Waals surface area contributed by atoms with Gasteiger partial charge in [-0.05, 0) is 73.3 Å². The standard InChI is InChI=1S/C23H50O4Si3/c1-14-15-18-28(8,9)22(4,5)27-30(12,13)23(6,7)26-29(10,11)19-16-17-25-21(24)20(2)3/h2,14-19H2,1,3-13H3. The van der Waals surface area contributed by atoms with Crippen LogP contribution < -0.4 is 0 Å². The molecule has 0 amide bonds. The molecule has 0 saturated heterocycles. The van der Waals surface area contributed by atoms with Crippen LogP contribution in [0.5, 0.6) is 0 Å². The third kappa shape index (κ3) is 9.10. The zero-order valence-corrected chi connectivity index (χ0v) is 25.1. The highest BCUT2D eigenvalue weighted by molar-refractivity contribution is 6.82. The predicted molar refractivity (Wildman–Crippen MR) is 138 cm³/mol. The molecule has 0 atom stereocenters. The van der Waals surface area contributed by atoms with Gasteiger partial charge >= 0.3 is 5.97 Å². The molecule has 178 valence electrons. The van der Waals surface area contributed by atoms with Gasteiger partial charge in [0, 0.05) is 10.8 Å². The number of hydrogen-bond donors (Lipinski definition) is 0. The van der Waals surface area contributed by atoms with E-state index in [9.17, 15) is 4.79 Å². The molecule has 4 nitrogen and oxygen atoms in total. The summed E-state index contributed by atoms with van der Waals surface area (Å²) in [5.74, 6) is -0.310. The van der Waals surface area contributed by atoms with Gasteiger partial charge in [0.15, 0.2) is 8.32 Å². The molecule has 0 saturated carbocycles. The molecule has 0 radical (unpaired) electrons. The Kier molecular flexibility index (Phi) is 11.0. The van der Waals surface area contributed by atoms with Crippen LogP contribution in [0.1, 0.15) is 60.8 Å². The highest BCUT2D eigenvalue weighted by Crippen LogP contribution is 2.38. The molecule has 0 rings (SSSR count). The first-order chi connectivity index (χ1) is 13.3. The van der Waals surface area contributed by atoms with Crippen molar-refractivity contribution < 1.29 is 18.4 Å². The molecule has 0 unspecified atom stereocenters. The van der Waals surface area contributed by atoms with Gasteiger partial charge in [-0.15, -0.1) is 0 Å². The average molecular weight is 475 g/mol. The molecule has 0 bridgehead atoms. The van der Waals surface area contributed by atoms with Crippen LogP contribution in [-0.4, -0.2) is 47.7 Å². The highest BCUT2D eigenvalue weighted by Gasteiger charge is 2.51. The van der Waals surface area contributed by atoms with Crippen molar-refractivity contribution >= 4 is 30.7 Å². The first-order valence-corrected chi connectivity index (χ1v) is 20.8. The number of ether oxygens (including phenoxy) is 1. The van der Waals surface area contributed by atoms with Crippen molar-refractivity contribution in [2.75, 3.05) is 6.61 Å². The third-order valence-electron chi connectivity index (χ3n) is 6.78. The van der Waals surface area contributed by atoms with Crippen LogP contribution in [0.15, 0.2) is 12.2 Å². The summed E-state index contributed by atoms with van der Waals surface area (Å²) < 4.78 is 19.1. The Morgan fingerprint density at radius 1 is 0.867 bits per heavy atom. The molecule has 0 N–H and O–H groups in total. The van der Waals surface area contributed by atoms with Gasteiger partial charge < -0.3 is 13.6 Å². The van der Waals surface area contributed by atoms with E-state index in [-0.39, 0.29) is 16.4 Å². The van der Waals surface area contributed by atoms with Gasteiger partial charge in [-0.1, -0.05) is 45.5 Å². The summed E-state index contributed by atoms with van der Waals surface area (Å²) in [5, 5.41) is -0.370. The minimum Gasteiger partial charge on any atom is -0.462 e. The van der Waals surface area contributed by atoms with Crippen LogP contribution in [0.2, 0.25) is 51.4 Å². The molecule has 0 fully saturated rings. The largest absolute Gasteiger partial charge is 0.462 e. The van der Waals surface area contributed by atoms with Crippen molar-refractivity contribution in [1.29, 1.82) is 0 Å². The summed E-state index contributed by atoms with van der Waals surface area (Å²) >= 11 is 0. The molecule has 0 aromatic heterocycles. The molecule has 0 aliphatic rings. The maximum absolute atomic E-state index is 11.6. The monoisotopic (exact) mass is 474 g/mol. The summed E-state index contributed by atoms with van der Waals surface area (Å²) in [5.41, 5.74) is 0.446. The van der Waals surface area contributed by atoms with E-state index in [1.165, 1.54) is 18.9 Å². The van der Waals surface area contributed by atoms with E-state index in [4.69, 9.17) is 13.6 Å². The summed E-state index contributed by atoms with van der Waals surface area (Å²) in [7, 11) is -5.63. The van der Waals surface area contributed by atoms with E-state index in [1.54, 1.807) is 6.92 Å². The number of rotatable bonds is 14. The highest BCUT2D eigenvalue weighted by atomic mass is 28.4. The van der Waals surface area contributed by atoms with Gasteiger partial charge in [0.1, 0.15) is 0 Å². The van der Waals surface area contributed by atoms with E-state index < -0.39 is 24.7 Å². The van der Waals surface area contributed by atoms with Crippen molar-refractivity contribution in [3.05, 3.63) is 12.2 Å². The van der Waals surface area contributed by atoms with Crippen molar-refractivity contribution in [3.8, 4) is 0 Å². The van der Waals surface area contributed by atoms with E-state index in [0.717, 1.165) is 12.5 Å². The molecule has 0 aliphatic heterocycles. The zero-order valence-electron chi connectivity index (χ0n) is 22.1. The second kappa shape index (κ2) is 11.1. The topological polar surface area (TPSA) is 44.8 Å². The lowest BCUT2D eigenvalue weighted by atomic mass is 10.4. The van der Waals surface area contributed by atoms with Crippen LogP contribution in [0, 0.1) is 0 Å².